The molecule has 1 aromatic heterocycles. The van der Waals surface area contributed by atoms with E-state index >= 15 is 0 Å². The van der Waals surface area contributed by atoms with E-state index in [1.54, 1.807) is 10.7 Å². The number of halogens is 3. The first kappa shape index (κ1) is 15.5. The fourth-order valence-corrected chi connectivity index (χ4v) is 2.71. The van der Waals surface area contributed by atoms with Gasteiger partial charge in [0, 0.05) is 18.3 Å². The molecule has 3 rings (SSSR count). The summed E-state index contributed by atoms with van der Waals surface area (Å²) in [4.78, 5) is 14.1. The van der Waals surface area contributed by atoms with Gasteiger partial charge in [0.2, 0.25) is 0 Å². The van der Waals surface area contributed by atoms with E-state index in [4.69, 9.17) is 17.3 Å². The number of amides is 1. The van der Waals surface area contributed by atoms with Crippen molar-refractivity contribution in [2.24, 2.45) is 0 Å². The number of carbonyl (C=O) groups is 1. The van der Waals surface area contributed by atoms with Crippen molar-refractivity contribution in [2.45, 2.75) is 19.6 Å². The van der Waals surface area contributed by atoms with Crippen LogP contribution < -0.4 is 15.4 Å². The highest BCUT2D eigenvalue weighted by atomic mass is 35.5. The number of nitrogens with zero attached hydrogens (tertiary/aromatic N) is 3. The molecule has 23 heavy (non-hydrogen) atoms. The maximum absolute atomic E-state index is 12.6. The molecule has 1 atom stereocenters. The van der Waals surface area contributed by atoms with E-state index in [1.165, 1.54) is 23.2 Å². The second kappa shape index (κ2) is 5.69. The van der Waals surface area contributed by atoms with Gasteiger partial charge in [-0.25, -0.2) is 0 Å². The normalized spacial score (nSPS) is 17.5. The minimum atomic E-state index is -3.00. The fourth-order valence-electron chi connectivity index (χ4n) is 2.55. The van der Waals surface area contributed by atoms with Gasteiger partial charge in [-0.2, -0.15) is 13.9 Å². The van der Waals surface area contributed by atoms with E-state index in [9.17, 15) is 13.6 Å². The molecule has 0 radical (unpaired) electrons. The molecule has 0 aliphatic carbocycles. The molecule has 2 aromatic rings. The summed E-state index contributed by atoms with van der Waals surface area (Å²) in [6, 6.07) is 4.16. The van der Waals surface area contributed by atoms with Crippen LogP contribution in [-0.2, 0) is 0 Å². The van der Waals surface area contributed by atoms with Crippen molar-refractivity contribution in [3.63, 3.8) is 0 Å². The summed E-state index contributed by atoms with van der Waals surface area (Å²) in [6.07, 6.45) is 1.42. The van der Waals surface area contributed by atoms with Crippen molar-refractivity contribution >= 4 is 28.9 Å². The molecule has 0 saturated heterocycles. The molecule has 122 valence electrons. The van der Waals surface area contributed by atoms with Crippen LogP contribution in [0.1, 0.15) is 23.5 Å². The van der Waals surface area contributed by atoms with Crippen LogP contribution in [0.15, 0.2) is 24.4 Å². The lowest BCUT2D eigenvalue weighted by molar-refractivity contribution is -0.0497. The van der Waals surface area contributed by atoms with Crippen molar-refractivity contribution in [2.75, 3.05) is 17.2 Å². The molecular formula is C14H13ClF2N4O2. The molecule has 2 heterocycles. The second-order valence-electron chi connectivity index (χ2n) is 5.15. The first-order valence-electron chi connectivity index (χ1n) is 6.77. The van der Waals surface area contributed by atoms with Gasteiger partial charge in [0.05, 0.1) is 22.9 Å². The molecule has 1 amide bonds. The summed E-state index contributed by atoms with van der Waals surface area (Å²) in [5.74, 6) is -0.546. The summed E-state index contributed by atoms with van der Waals surface area (Å²) < 4.78 is 30.8. The van der Waals surface area contributed by atoms with Crippen molar-refractivity contribution in [3.8, 4) is 5.75 Å². The maximum Gasteiger partial charge on any atom is 0.387 e. The second-order valence-corrected chi connectivity index (χ2v) is 5.56. The third-order valence-corrected chi connectivity index (χ3v) is 3.89. The van der Waals surface area contributed by atoms with Crippen LogP contribution >= 0.6 is 11.6 Å². The van der Waals surface area contributed by atoms with Gasteiger partial charge in [-0.05, 0) is 19.1 Å². The Labute approximate surface area is 135 Å². The van der Waals surface area contributed by atoms with Crippen LogP contribution in [0.3, 0.4) is 0 Å². The molecule has 1 aromatic carbocycles. The average molecular weight is 343 g/mol. The third-order valence-electron chi connectivity index (χ3n) is 3.58. The Kier molecular flexibility index (Phi) is 3.85. The number of benzene rings is 1. The summed E-state index contributed by atoms with van der Waals surface area (Å²) in [6.45, 7) is -0.805. The lowest BCUT2D eigenvalue weighted by Crippen LogP contribution is -2.42. The predicted molar refractivity (Wildman–Crippen MR) is 81.1 cm³/mol. The Morgan fingerprint density at radius 1 is 1.48 bits per heavy atom. The van der Waals surface area contributed by atoms with Crippen molar-refractivity contribution in [3.05, 3.63) is 35.1 Å². The highest BCUT2D eigenvalue weighted by Crippen LogP contribution is 2.34. The van der Waals surface area contributed by atoms with Crippen LogP contribution in [0.5, 0.6) is 5.75 Å². The van der Waals surface area contributed by atoms with E-state index in [1.807, 2.05) is 6.92 Å². The molecule has 0 unspecified atom stereocenters. The van der Waals surface area contributed by atoms with Gasteiger partial charge in [0.15, 0.2) is 0 Å². The predicted octanol–water partition coefficient (Wildman–Crippen LogP) is 2.94. The number of ether oxygens (including phenoxy) is 1. The zero-order valence-corrected chi connectivity index (χ0v) is 12.8. The Bertz CT molecular complexity index is 765. The minimum absolute atomic E-state index is 0.0381. The smallest absolute Gasteiger partial charge is 0.387 e. The van der Waals surface area contributed by atoms with Crippen LogP contribution in [0.2, 0.25) is 5.02 Å². The third kappa shape index (κ3) is 2.70. The molecule has 0 fully saturated rings. The number of nitrogen functional groups attached to an aromatic ring is 1. The summed E-state index contributed by atoms with van der Waals surface area (Å²) in [7, 11) is 0. The standard InChI is InChI=1S/C14H13ClF2N4O2/c1-7-6-20(13(22)12-10(18)5-19-21(7)12)8-2-3-9(15)11(4-8)23-14(16)17/h2-5,7,14H,6,18H2,1H3/t7-/m0/s1. The maximum atomic E-state index is 12.6. The number of alkyl halides is 2. The summed E-state index contributed by atoms with van der Waals surface area (Å²) in [5, 5.41) is 4.12. The molecule has 1 aliphatic heterocycles. The zero-order chi connectivity index (χ0) is 16.7. The first-order valence-corrected chi connectivity index (χ1v) is 7.15. The quantitative estimate of drug-likeness (QED) is 0.930. The summed E-state index contributed by atoms with van der Waals surface area (Å²) in [5.41, 5.74) is 6.74. The topological polar surface area (TPSA) is 73.4 Å². The average Bonchev–Trinajstić information content (AvgIpc) is 2.88. The highest BCUT2D eigenvalue weighted by Gasteiger charge is 2.33. The highest BCUT2D eigenvalue weighted by molar-refractivity contribution is 6.32. The Balaban J connectivity index is 2.00. The number of carbonyl (C=O) groups excluding carboxylic acids is 1. The number of hydrogen-bond acceptors (Lipinski definition) is 4. The van der Waals surface area contributed by atoms with Crippen molar-refractivity contribution in [1.29, 1.82) is 0 Å². The molecule has 9 heteroatoms. The van der Waals surface area contributed by atoms with E-state index in [2.05, 4.69) is 9.84 Å². The largest absolute Gasteiger partial charge is 0.433 e. The molecular weight excluding hydrogens is 330 g/mol. The van der Waals surface area contributed by atoms with Crippen LogP contribution in [0.25, 0.3) is 0 Å². The van der Waals surface area contributed by atoms with Gasteiger partial charge < -0.3 is 15.4 Å². The number of hydrogen-bond donors (Lipinski definition) is 1. The number of rotatable bonds is 3. The lowest BCUT2D eigenvalue weighted by atomic mass is 10.1. The summed E-state index contributed by atoms with van der Waals surface area (Å²) >= 11 is 5.84. The molecule has 0 spiro atoms. The van der Waals surface area contributed by atoms with Gasteiger partial charge in [0.25, 0.3) is 5.91 Å². The number of anilines is 2. The van der Waals surface area contributed by atoms with Gasteiger partial charge in [0.1, 0.15) is 11.4 Å². The van der Waals surface area contributed by atoms with Gasteiger partial charge in [-0.3, -0.25) is 9.48 Å². The molecule has 1 aliphatic rings. The number of aromatic nitrogens is 2. The van der Waals surface area contributed by atoms with E-state index in [-0.39, 0.29) is 34.1 Å². The van der Waals surface area contributed by atoms with Crippen molar-refractivity contribution in [1.82, 2.24) is 9.78 Å². The number of nitrogens with two attached hydrogens (primary N) is 1. The molecule has 6 nitrogen and oxygen atoms in total. The number of fused-ring (bicyclic) bond motifs is 1. The van der Waals surface area contributed by atoms with Crippen molar-refractivity contribution < 1.29 is 18.3 Å². The van der Waals surface area contributed by atoms with Crippen LogP contribution in [-0.4, -0.2) is 28.8 Å². The van der Waals surface area contributed by atoms with E-state index in [0.717, 1.165) is 0 Å². The Morgan fingerprint density at radius 3 is 2.91 bits per heavy atom. The van der Waals surface area contributed by atoms with E-state index in [0.29, 0.717) is 12.2 Å². The zero-order valence-electron chi connectivity index (χ0n) is 12.0. The van der Waals surface area contributed by atoms with Gasteiger partial charge in [-0.15, -0.1) is 0 Å². The van der Waals surface area contributed by atoms with Crippen LogP contribution in [0, 0.1) is 0 Å². The van der Waals surface area contributed by atoms with E-state index < -0.39 is 6.61 Å². The fraction of sp³-hybridized carbons (Fsp3) is 0.286. The van der Waals surface area contributed by atoms with Crippen LogP contribution in [0.4, 0.5) is 20.2 Å². The Morgan fingerprint density at radius 2 is 2.22 bits per heavy atom. The first-order chi connectivity index (χ1) is 10.9. The van der Waals surface area contributed by atoms with Gasteiger partial charge >= 0.3 is 6.61 Å². The lowest BCUT2D eigenvalue weighted by Gasteiger charge is -2.32. The monoisotopic (exact) mass is 342 g/mol. The molecule has 2 N–H and O–H groups in total. The Hall–Kier alpha value is -2.35. The van der Waals surface area contributed by atoms with Gasteiger partial charge in [-0.1, -0.05) is 11.6 Å². The molecule has 0 bridgehead atoms. The minimum Gasteiger partial charge on any atom is -0.433 e. The SMILES string of the molecule is C[C@H]1CN(c2ccc(Cl)c(OC(F)F)c2)C(=O)c2c(N)cnn21. The molecule has 0 saturated carbocycles.